The van der Waals surface area contributed by atoms with Gasteiger partial charge in [-0.15, -0.1) is 0 Å². The van der Waals surface area contributed by atoms with Crippen molar-refractivity contribution in [2.24, 2.45) is 4.99 Å². The first-order valence-corrected chi connectivity index (χ1v) is 5.96. The highest BCUT2D eigenvalue weighted by atomic mass is 16.6. The molecule has 0 saturated carbocycles. The molecule has 1 aromatic carbocycles. The Balaban J connectivity index is 1.91. The van der Waals surface area contributed by atoms with Crippen LogP contribution in [0.4, 0.5) is 5.88 Å². The number of furan rings is 1. The molecular formula is C14H8N2O5. The summed E-state index contributed by atoms with van der Waals surface area (Å²) in [6.45, 7) is 0. The number of esters is 1. The molecule has 1 aliphatic heterocycles. The lowest BCUT2D eigenvalue weighted by Gasteiger charge is -1.97. The third kappa shape index (κ3) is 2.57. The number of nitrogens with zero attached hydrogens (tertiary/aromatic N) is 2. The molecule has 2 heterocycles. The van der Waals surface area contributed by atoms with Crippen molar-refractivity contribution >= 4 is 23.8 Å². The summed E-state index contributed by atoms with van der Waals surface area (Å²) in [7, 11) is 0. The first-order chi connectivity index (χ1) is 10.1. The second kappa shape index (κ2) is 5.04. The van der Waals surface area contributed by atoms with Gasteiger partial charge >= 0.3 is 11.9 Å². The molecule has 0 fully saturated rings. The highest BCUT2D eigenvalue weighted by Gasteiger charge is 2.24. The Morgan fingerprint density at radius 1 is 1.14 bits per heavy atom. The maximum Gasteiger partial charge on any atom is 0.433 e. The smallest absolute Gasteiger partial charge is 0.402 e. The lowest BCUT2D eigenvalue weighted by atomic mass is 10.2. The predicted molar refractivity (Wildman–Crippen MR) is 72.4 cm³/mol. The van der Waals surface area contributed by atoms with Gasteiger partial charge in [-0.05, 0) is 18.2 Å². The minimum atomic E-state index is -0.659. The van der Waals surface area contributed by atoms with E-state index in [1.807, 2.05) is 6.07 Å². The van der Waals surface area contributed by atoms with Gasteiger partial charge in [0.1, 0.15) is 10.7 Å². The van der Waals surface area contributed by atoms with Gasteiger partial charge in [0, 0.05) is 11.6 Å². The molecule has 7 nitrogen and oxygen atoms in total. The molecule has 0 spiro atoms. The molecule has 7 heteroatoms. The van der Waals surface area contributed by atoms with Gasteiger partial charge in [0.15, 0.2) is 5.70 Å². The van der Waals surface area contributed by atoms with Crippen molar-refractivity contribution in [1.29, 1.82) is 0 Å². The zero-order chi connectivity index (χ0) is 14.8. The van der Waals surface area contributed by atoms with E-state index in [4.69, 9.17) is 9.15 Å². The molecule has 104 valence electrons. The Morgan fingerprint density at radius 3 is 2.57 bits per heavy atom. The van der Waals surface area contributed by atoms with Gasteiger partial charge in [0.05, 0.1) is 6.07 Å². The SMILES string of the molecule is O=C1OC(c2ccccc2)=N/C1=C/c1ccc([N+](=O)[O-])o1. The first-order valence-electron chi connectivity index (χ1n) is 5.96. The Labute approximate surface area is 118 Å². The van der Waals surface area contributed by atoms with E-state index < -0.39 is 16.8 Å². The van der Waals surface area contributed by atoms with E-state index in [0.29, 0.717) is 5.56 Å². The quantitative estimate of drug-likeness (QED) is 0.373. The minimum absolute atomic E-state index is 0.0260. The van der Waals surface area contributed by atoms with Gasteiger partial charge in [-0.2, -0.15) is 0 Å². The van der Waals surface area contributed by atoms with Gasteiger partial charge in [-0.1, -0.05) is 18.2 Å². The lowest BCUT2D eigenvalue weighted by molar-refractivity contribution is -0.402. The molecule has 0 unspecified atom stereocenters. The molecule has 0 saturated heterocycles. The standard InChI is InChI=1S/C14H8N2O5/c17-14-11(8-10-6-7-12(20-10)16(18)19)15-13(21-14)9-4-2-1-3-5-9/h1-8H/b11-8+. The highest BCUT2D eigenvalue weighted by molar-refractivity contribution is 6.12. The largest absolute Gasteiger partial charge is 0.433 e. The van der Waals surface area contributed by atoms with Crippen LogP contribution in [0.15, 0.2) is 57.6 Å². The van der Waals surface area contributed by atoms with E-state index in [0.717, 1.165) is 0 Å². The summed E-state index contributed by atoms with van der Waals surface area (Å²) in [5, 5.41) is 10.5. The average molecular weight is 284 g/mol. The highest BCUT2D eigenvalue weighted by Crippen LogP contribution is 2.22. The number of rotatable bonds is 3. The van der Waals surface area contributed by atoms with Gasteiger partial charge in [0.25, 0.3) is 0 Å². The lowest BCUT2D eigenvalue weighted by Crippen LogP contribution is -2.04. The van der Waals surface area contributed by atoms with E-state index in [1.54, 1.807) is 24.3 Å². The number of nitro groups is 1. The number of cyclic esters (lactones) is 1. The zero-order valence-electron chi connectivity index (χ0n) is 10.6. The Hall–Kier alpha value is -3.22. The van der Waals surface area contributed by atoms with Crippen molar-refractivity contribution in [2.75, 3.05) is 0 Å². The molecule has 1 aromatic heterocycles. The predicted octanol–water partition coefficient (Wildman–Crippen LogP) is 2.53. The van der Waals surface area contributed by atoms with Gasteiger partial charge in [-0.25, -0.2) is 9.79 Å². The fourth-order valence-corrected chi connectivity index (χ4v) is 1.77. The fraction of sp³-hybridized carbons (Fsp3) is 0. The van der Waals surface area contributed by atoms with Crippen molar-refractivity contribution < 1.29 is 18.9 Å². The van der Waals surface area contributed by atoms with Crippen LogP contribution in [0.2, 0.25) is 0 Å². The average Bonchev–Trinajstić information content (AvgIpc) is 3.08. The van der Waals surface area contributed by atoms with Crippen molar-refractivity contribution in [3.05, 3.63) is 69.6 Å². The van der Waals surface area contributed by atoms with E-state index in [2.05, 4.69) is 4.99 Å². The number of hydrogen-bond acceptors (Lipinski definition) is 6. The van der Waals surface area contributed by atoms with E-state index in [1.165, 1.54) is 18.2 Å². The van der Waals surface area contributed by atoms with Crippen molar-refractivity contribution in [3.8, 4) is 0 Å². The van der Waals surface area contributed by atoms with E-state index in [9.17, 15) is 14.9 Å². The summed E-state index contributed by atoms with van der Waals surface area (Å²) >= 11 is 0. The van der Waals surface area contributed by atoms with Crippen molar-refractivity contribution in [2.45, 2.75) is 0 Å². The molecule has 0 N–H and O–H groups in total. The van der Waals surface area contributed by atoms with Gasteiger partial charge in [0.2, 0.25) is 5.90 Å². The molecule has 2 aromatic rings. The molecule has 0 bridgehead atoms. The number of hydrogen-bond donors (Lipinski definition) is 0. The number of carbonyl (C=O) groups excluding carboxylic acids is 1. The second-order valence-corrected chi connectivity index (χ2v) is 4.14. The molecule has 1 aliphatic rings. The monoisotopic (exact) mass is 284 g/mol. The van der Waals surface area contributed by atoms with Crippen LogP contribution in [0.5, 0.6) is 0 Å². The minimum Gasteiger partial charge on any atom is -0.402 e. The Morgan fingerprint density at radius 2 is 1.90 bits per heavy atom. The van der Waals surface area contributed by atoms with Crippen LogP contribution in [0.1, 0.15) is 11.3 Å². The molecule has 0 atom stereocenters. The number of carbonyl (C=O) groups is 1. The summed E-state index contributed by atoms with van der Waals surface area (Å²) < 4.78 is 10.00. The number of aliphatic imine (C=N–C) groups is 1. The Bertz CT molecular complexity index is 774. The zero-order valence-corrected chi connectivity index (χ0v) is 10.6. The summed E-state index contributed by atoms with van der Waals surface area (Å²) in [6.07, 6.45) is 1.30. The summed E-state index contributed by atoms with van der Waals surface area (Å²) in [6, 6.07) is 11.5. The molecule has 0 radical (unpaired) electrons. The van der Waals surface area contributed by atoms with Gasteiger partial charge < -0.3 is 9.15 Å². The van der Waals surface area contributed by atoms with E-state index >= 15 is 0 Å². The molecule has 21 heavy (non-hydrogen) atoms. The van der Waals surface area contributed by atoms with Crippen LogP contribution in [0.25, 0.3) is 6.08 Å². The molecule has 3 rings (SSSR count). The molecule has 0 amide bonds. The van der Waals surface area contributed by atoms with Crippen LogP contribution in [0, 0.1) is 10.1 Å². The molecular weight excluding hydrogens is 276 g/mol. The van der Waals surface area contributed by atoms with Crippen molar-refractivity contribution in [1.82, 2.24) is 0 Å². The number of benzene rings is 1. The first kappa shape index (κ1) is 12.8. The Kier molecular flexibility index (Phi) is 3.07. The fourth-order valence-electron chi connectivity index (χ4n) is 1.77. The summed E-state index contributed by atoms with van der Waals surface area (Å²) in [5.74, 6) is -0.687. The normalized spacial score (nSPS) is 15.9. The summed E-state index contributed by atoms with van der Waals surface area (Å²) in [4.78, 5) is 25.7. The third-order valence-electron chi connectivity index (χ3n) is 2.71. The topological polar surface area (TPSA) is 94.9 Å². The third-order valence-corrected chi connectivity index (χ3v) is 2.71. The van der Waals surface area contributed by atoms with Crippen LogP contribution >= 0.6 is 0 Å². The molecule has 0 aliphatic carbocycles. The van der Waals surface area contributed by atoms with Crippen LogP contribution in [0.3, 0.4) is 0 Å². The maximum atomic E-state index is 11.7. The second-order valence-electron chi connectivity index (χ2n) is 4.14. The van der Waals surface area contributed by atoms with Gasteiger partial charge in [-0.3, -0.25) is 10.1 Å². The maximum absolute atomic E-state index is 11.7. The van der Waals surface area contributed by atoms with Crippen molar-refractivity contribution in [3.63, 3.8) is 0 Å². The number of ether oxygens (including phenoxy) is 1. The summed E-state index contributed by atoms with van der Waals surface area (Å²) in [5.41, 5.74) is 0.692. The van der Waals surface area contributed by atoms with Crippen LogP contribution in [-0.4, -0.2) is 16.8 Å². The van der Waals surface area contributed by atoms with Crippen LogP contribution in [-0.2, 0) is 9.53 Å². The van der Waals surface area contributed by atoms with E-state index in [-0.39, 0.29) is 17.4 Å². The van der Waals surface area contributed by atoms with Crippen LogP contribution < -0.4 is 0 Å².